The van der Waals surface area contributed by atoms with Gasteiger partial charge in [0.25, 0.3) is 6.20 Å². The van der Waals surface area contributed by atoms with Gasteiger partial charge in [-0.15, -0.1) is 0 Å². The summed E-state index contributed by atoms with van der Waals surface area (Å²) in [6, 6.07) is 1.75. The van der Waals surface area contributed by atoms with Gasteiger partial charge in [-0.3, -0.25) is 14.8 Å². The normalized spacial score (nSPS) is 17.5. The number of rotatable bonds is 3. The number of hydrogen-bond donors (Lipinski definition) is 1. The first-order chi connectivity index (χ1) is 8.06. The highest BCUT2D eigenvalue weighted by Crippen LogP contribution is 2.15. The molecule has 2 rings (SSSR count). The zero-order chi connectivity index (χ0) is 12.4. The Hall–Kier alpha value is -1.76. The Morgan fingerprint density at radius 1 is 1.76 bits per heavy atom. The Morgan fingerprint density at radius 2 is 2.53 bits per heavy atom. The Bertz CT molecular complexity index is 450. The Morgan fingerprint density at radius 3 is 3.12 bits per heavy atom. The topological polar surface area (TPSA) is 76.2 Å². The summed E-state index contributed by atoms with van der Waals surface area (Å²) in [5, 5.41) is 18.1. The van der Waals surface area contributed by atoms with E-state index in [0.717, 1.165) is 11.9 Å². The van der Waals surface area contributed by atoms with Crippen molar-refractivity contribution < 1.29 is 4.92 Å². The summed E-state index contributed by atoms with van der Waals surface area (Å²) in [7, 11) is 1.75. The van der Waals surface area contributed by atoms with Gasteiger partial charge < -0.3 is 10.2 Å². The van der Waals surface area contributed by atoms with E-state index in [2.05, 4.69) is 10.4 Å². The smallest absolute Gasteiger partial charge is 0.274 e. The zero-order valence-electron chi connectivity index (χ0n) is 9.26. The lowest BCUT2D eigenvalue weighted by atomic mass is 10.4. The van der Waals surface area contributed by atoms with Crippen LogP contribution in [-0.4, -0.2) is 32.7 Å². The molecule has 1 N–H and O–H groups in total. The van der Waals surface area contributed by atoms with Crippen LogP contribution < -0.4 is 5.32 Å². The monoisotopic (exact) mass is 257 g/mol. The first kappa shape index (κ1) is 11.7. The molecule has 0 bridgehead atoms. The molecule has 2 heterocycles. The lowest BCUT2D eigenvalue weighted by Crippen LogP contribution is -2.21. The summed E-state index contributed by atoms with van der Waals surface area (Å²) >= 11 is 5.88. The number of nitrogens with zero attached hydrogens (tertiary/aromatic N) is 4. The number of hydrogen-bond acceptors (Lipinski definition) is 5. The quantitative estimate of drug-likeness (QED) is 0.632. The molecule has 0 radical (unpaired) electrons. The predicted octanol–water partition coefficient (Wildman–Crippen LogP) is 0.554. The highest BCUT2D eigenvalue weighted by Gasteiger charge is 2.20. The lowest BCUT2D eigenvalue weighted by Gasteiger charge is -2.14. The highest BCUT2D eigenvalue weighted by molar-refractivity contribution is 6.29. The van der Waals surface area contributed by atoms with E-state index in [9.17, 15) is 10.1 Å². The third kappa shape index (κ3) is 2.68. The summed E-state index contributed by atoms with van der Waals surface area (Å²) in [5.74, 6) is 0.511. The standard InChI is InChI=1S/C9H12ClN5O2/c1-13-8(10)4-7(12-13)5-14-3-2-11-9(14)6-15(16)17/h4,6,11H,2-3,5H2,1H3. The molecule has 0 amide bonds. The van der Waals surface area contributed by atoms with Gasteiger partial charge in [0.05, 0.1) is 17.2 Å². The molecule has 1 fully saturated rings. The van der Waals surface area contributed by atoms with Crippen molar-refractivity contribution in [3.63, 3.8) is 0 Å². The molecule has 8 heteroatoms. The second-order valence-corrected chi connectivity index (χ2v) is 4.12. The maximum absolute atomic E-state index is 10.4. The molecule has 0 aromatic carbocycles. The lowest BCUT2D eigenvalue weighted by molar-refractivity contribution is -0.404. The fourth-order valence-electron chi connectivity index (χ4n) is 1.72. The van der Waals surface area contributed by atoms with Crippen LogP contribution in [0.4, 0.5) is 0 Å². The minimum Gasteiger partial charge on any atom is -0.365 e. The van der Waals surface area contributed by atoms with Crippen LogP contribution in [0.25, 0.3) is 0 Å². The molecular formula is C9H12ClN5O2. The van der Waals surface area contributed by atoms with Gasteiger partial charge in [0.2, 0.25) is 0 Å². The maximum atomic E-state index is 10.4. The molecule has 0 aliphatic carbocycles. The molecular weight excluding hydrogens is 246 g/mol. The molecule has 0 unspecified atom stereocenters. The van der Waals surface area contributed by atoms with E-state index in [1.54, 1.807) is 17.8 Å². The van der Waals surface area contributed by atoms with Crippen molar-refractivity contribution in [1.29, 1.82) is 0 Å². The Balaban J connectivity index is 2.10. The van der Waals surface area contributed by atoms with Crippen LogP contribution in [0.3, 0.4) is 0 Å². The van der Waals surface area contributed by atoms with E-state index in [1.165, 1.54) is 0 Å². The molecule has 0 spiro atoms. The third-order valence-electron chi connectivity index (χ3n) is 2.48. The van der Waals surface area contributed by atoms with E-state index in [0.29, 0.717) is 30.6 Å². The summed E-state index contributed by atoms with van der Waals surface area (Å²) in [6.45, 7) is 1.92. The minimum atomic E-state index is -0.466. The van der Waals surface area contributed by atoms with Crippen molar-refractivity contribution in [1.82, 2.24) is 20.0 Å². The molecule has 1 aliphatic rings. The third-order valence-corrected chi connectivity index (χ3v) is 2.84. The summed E-state index contributed by atoms with van der Waals surface area (Å²) in [4.78, 5) is 11.8. The average molecular weight is 258 g/mol. The summed E-state index contributed by atoms with van der Waals surface area (Å²) in [5.41, 5.74) is 0.787. The van der Waals surface area contributed by atoms with Crippen LogP contribution in [0.2, 0.25) is 5.15 Å². The van der Waals surface area contributed by atoms with Crippen LogP contribution in [-0.2, 0) is 13.6 Å². The SMILES string of the molecule is Cn1nc(CN2CCNC2=C[N+](=O)[O-])cc1Cl. The van der Waals surface area contributed by atoms with Gasteiger partial charge in [0.1, 0.15) is 5.15 Å². The second kappa shape index (κ2) is 4.62. The number of halogens is 1. The summed E-state index contributed by atoms with van der Waals surface area (Å²) in [6.07, 6.45) is 0.970. The fourth-order valence-corrected chi connectivity index (χ4v) is 1.88. The minimum absolute atomic E-state index is 0.466. The largest absolute Gasteiger partial charge is 0.365 e. The molecule has 0 saturated carbocycles. The molecule has 1 aliphatic heterocycles. The van der Waals surface area contributed by atoms with Gasteiger partial charge in [-0.2, -0.15) is 5.10 Å². The van der Waals surface area contributed by atoms with Gasteiger partial charge in [0, 0.05) is 26.2 Å². The van der Waals surface area contributed by atoms with Gasteiger partial charge in [-0.05, 0) is 0 Å². The van der Waals surface area contributed by atoms with Crippen molar-refractivity contribution in [2.45, 2.75) is 6.54 Å². The van der Waals surface area contributed by atoms with Crippen molar-refractivity contribution in [3.8, 4) is 0 Å². The molecule has 7 nitrogen and oxygen atoms in total. The van der Waals surface area contributed by atoms with Crippen LogP contribution in [0.1, 0.15) is 5.69 Å². The predicted molar refractivity (Wildman–Crippen MR) is 61.7 cm³/mol. The Labute approximate surface area is 103 Å². The van der Waals surface area contributed by atoms with Crippen molar-refractivity contribution >= 4 is 11.6 Å². The van der Waals surface area contributed by atoms with Crippen LogP contribution >= 0.6 is 11.6 Å². The van der Waals surface area contributed by atoms with Gasteiger partial charge in [-0.1, -0.05) is 11.6 Å². The number of nitrogens with one attached hydrogen (secondary N) is 1. The second-order valence-electron chi connectivity index (χ2n) is 3.73. The molecule has 92 valence electrons. The van der Waals surface area contributed by atoms with Crippen LogP contribution in [0.5, 0.6) is 0 Å². The summed E-state index contributed by atoms with van der Waals surface area (Å²) < 4.78 is 1.57. The van der Waals surface area contributed by atoms with E-state index in [-0.39, 0.29) is 0 Å². The first-order valence-electron chi connectivity index (χ1n) is 5.09. The van der Waals surface area contributed by atoms with E-state index >= 15 is 0 Å². The van der Waals surface area contributed by atoms with Gasteiger partial charge >= 0.3 is 0 Å². The van der Waals surface area contributed by atoms with Crippen LogP contribution in [0, 0.1) is 10.1 Å². The van der Waals surface area contributed by atoms with Crippen molar-refractivity contribution in [2.75, 3.05) is 13.1 Å². The van der Waals surface area contributed by atoms with Crippen molar-refractivity contribution in [3.05, 3.63) is 39.0 Å². The van der Waals surface area contributed by atoms with Gasteiger partial charge in [0.15, 0.2) is 5.82 Å². The number of aryl methyl sites for hydroxylation is 1. The van der Waals surface area contributed by atoms with E-state index in [4.69, 9.17) is 11.6 Å². The molecule has 17 heavy (non-hydrogen) atoms. The highest BCUT2D eigenvalue weighted by atomic mass is 35.5. The van der Waals surface area contributed by atoms with E-state index < -0.39 is 4.92 Å². The van der Waals surface area contributed by atoms with Gasteiger partial charge in [-0.25, -0.2) is 0 Å². The van der Waals surface area contributed by atoms with Crippen LogP contribution in [0.15, 0.2) is 18.1 Å². The average Bonchev–Trinajstić information content (AvgIpc) is 2.76. The fraction of sp³-hybridized carbons (Fsp3) is 0.444. The van der Waals surface area contributed by atoms with Crippen molar-refractivity contribution in [2.24, 2.45) is 7.05 Å². The van der Waals surface area contributed by atoms with E-state index in [1.807, 2.05) is 4.90 Å². The molecule has 0 atom stereocenters. The first-order valence-corrected chi connectivity index (χ1v) is 5.46. The number of aromatic nitrogens is 2. The molecule has 1 aromatic heterocycles. The number of nitro groups is 1. The zero-order valence-corrected chi connectivity index (χ0v) is 10.0. The molecule has 1 aromatic rings. The Kier molecular flexibility index (Phi) is 3.19. The maximum Gasteiger partial charge on any atom is 0.274 e. The molecule has 1 saturated heterocycles.